The molecule has 0 aliphatic heterocycles. The van der Waals surface area contributed by atoms with Gasteiger partial charge >= 0.3 is 5.97 Å². The standard InChI is InChI=1S/C23H28N2O3.HI/c1-24-13-8-9-20(18-24)23(27)28-16-7-5-3-2-4-6-14-25-15-12-19-17-21(26)10-11-22(19)25;/h8-13,15,17-18H,2-7,14,16H2,1H3;1H. The number of unbranched alkanes of at least 4 members (excludes halogenated alkanes) is 5. The number of pyridine rings is 1. The Kier molecular flexibility index (Phi) is 9.44. The highest BCUT2D eigenvalue weighted by Crippen LogP contribution is 2.21. The van der Waals surface area contributed by atoms with Gasteiger partial charge in [0.2, 0.25) is 0 Å². The number of esters is 1. The first-order valence-corrected chi connectivity index (χ1v) is 10.0. The first-order chi connectivity index (χ1) is 13.6. The molecule has 0 spiro atoms. The molecule has 1 N–H and O–H groups in total. The summed E-state index contributed by atoms with van der Waals surface area (Å²) < 4.78 is 9.43. The fraction of sp³-hybridized carbons (Fsp3) is 0.391. The number of carbonyl (C=O) groups is 1. The summed E-state index contributed by atoms with van der Waals surface area (Å²) in [6.07, 6.45) is 12.5. The summed E-state index contributed by atoms with van der Waals surface area (Å²) >= 11 is 0. The zero-order valence-electron chi connectivity index (χ0n) is 16.9. The summed E-state index contributed by atoms with van der Waals surface area (Å²) in [6, 6.07) is 11.2. The maximum Gasteiger partial charge on any atom is 0.344 e. The van der Waals surface area contributed by atoms with Crippen molar-refractivity contribution in [1.29, 1.82) is 0 Å². The van der Waals surface area contributed by atoms with Crippen LogP contribution in [0.15, 0.2) is 55.0 Å². The molecule has 3 aromatic rings. The van der Waals surface area contributed by atoms with Crippen LogP contribution in [0.25, 0.3) is 10.9 Å². The van der Waals surface area contributed by atoms with Crippen molar-refractivity contribution < 1.29 is 43.2 Å². The average Bonchev–Trinajstić information content (AvgIpc) is 3.08. The number of ether oxygens (including phenoxy) is 1. The number of phenolic OH excluding ortho intramolecular Hbond substituents is 1. The quantitative estimate of drug-likeness (QED) is 0.195. The maximum atomic E-state index is 11.9. The number of halogens is 1. The number of fused-ring (bicyclic) bond motifs is 1. The molecule has 0 bridgehead atoms. The number of nitrogens with zero attached hydrogens (tertiary/aromatic N) is 2. The molecule has 0 aliphatic carbocycles. The Morgan fingerprint density at radius 2 is 1.83 bits per heavy atom. The minimum Gasteiger partial charge on any atom is -1.00 e. The van der Waals surface area contributed by atoms with E-state index in [1.807, 2.05) is 36.0 Å². The minimum atomic E-state index is -0.247. The lowest BCUT2D eigenvalue weighted by atomic mass is 10.1. The van der Waals surface area contributed by atoms with Gasteiger partial charge in [0.25, 0.3) is 0 Å². The van der Waals surface area contributed by atoms with Gasteiger partial charge in [-0.25, -0.2) is 9.36 Å². The second kappa shape index (κ2) is 11.8. The Morgan fingerprint density at radius 3 is 2.62 bits per heavy atom. The third-order valence-corrected chi connectivity index (χ3v) is 4.96. The molecular weight excluding hydrogens is 479 g/mol. The molecule has 29 heavy (non-hydrogen) atoms. The molecule has 0 saturated heterocycles. The Morgan fingerprint density at radius 1 is 1.07 bits per heavy atom. The first-order valence-electron chi connectivity index (χ1n) is 10.0. The van der Waals surface area contributed by atoms with Crippen molar-refractivity contribution in [3.05, 3.63) is 60.6 Å². The van der Waals surface area contributed by atoms with Crippen LogP contribution >= 0.6 is 0 Å². The molecule has 6 heteroatoms. The van der Waals surface area contributed by atoms with Gasteiger partial charge in [-0.1, -0.05) is 25.7 Å². The van der Waals surface area contributed by atoms with Gasteiger partial charge in [0.1, 0.15) is 18.4 Å². The van der Waals surface area contributed by atoms with Gasteiger partial charge < -0.3 is 38.4 Å². The Labute approximate surface area is 189 Å². The van der Waals surface area contributed by atoms with E-state index < -0.39 is 0 Å². The van der Waals surface area contributed by atoms with Crippen LogP contribution in [0.3, 0.4) is 0 Å². The monoisotopic (exact) mass is 508 g/mol. The maximum absolute atomic E-state index is 11.9. The fourth-order valence-electron chi connectivity index (χ4n) is 3.43. The van der Waals surface area contributed by atoms with Crippen LogP contribution in [0.1, 0.15) is 48.9 Å². The Hall–Kier alpha value is -2.09. The molecule has 0 unspecified atom stereocenters. The van der Waals surface area contributed by atoms with Crippen molar-refractivity contribution >= 4 is 16.9 Å². The predicted octanol–water partition coefficient (Wildman–Crippen LogP) is 1.37. The number of phenols is 1. The van der Waals surface area contributed by atoms with Gasteiger partial charge in [-0.15, -0.1) is 0 Å². The van der Waals surface area contributed by atoms with Crippen LogP contribution in [0, 0.1) is 0 Å². The average molecular weight is 508 g/mol. The molecule has 156 valence electrons. The van der Waals surface area contributed by atoms with Crippen LogP contribution in [-0.2, 0) is 18.3 Å². The Balaban J connectivity index is 0.00000300. The summed E-state index contributed by atoms with van der Waals surface area (Å²) in [6.45, 7) is 1.49. The molecule has 0 aliphatic rings. The van der Waals surface area contributed by atoms with Crippen LogP contribution in [0.2, 0.25) is 0 Å². The predicted molar refractivity (Wildman–Crippen MR) is 109 cm³/mol. The highest BCUT2D eigenvalue weighted by atomic mass is 127. The van der Waals surface area contributed by atoms with Crippen LogP contribution in [0.5, 0.6) is 5.75 Å². The molecule has 0 atom stereocenters. The van der Waals surface area contributed by atoms with Gasteiger partial charge in [0.15, 0.2) is 12.4 Å². The molecule has 2 aromatic heterocycles. The van der Waals surface area contributed by atoms with Crippen LogP contribution in [0.4, 0.5) is 0 Å². The SMILES string of the molecule is C[n+]1cccc(C(=O)OCCCCCCCCn2ccc3cc(O)ccc32)c1.[I-]. The summed E-state index contributed by atoms with van der Waals surface area (Å²) in [5.41, 5.74) is 1.77. The molecule has 0 saturated carbocycles. The number of hydrogen-bond donors (Lipinski definition) is 1. The molecule has 0 fully saturated rings. The molecule has 0 radical (unpaired) electrons. The molecule has 2 heterocycles. The van der Waals surface area contributed by atoms with Gasteiger partial charge in [-0.2, -0.15) is 0 Å². The highest BCUT2D eigenvalue weighted by molar-refractivity contribution is 5.88. The van der Waals surface area contributed by atoms with E-state index in [-0.39, 0.29) is 29.9 Å². The van der Waals surface area contributed by atoms with Crippen molar-refractivity contribution in [2.45, 2.75) is 45.1 Å². The topological polar surface area (TPSA) is 55.3 Å². The van der Waals surface area contributed by atoms with E-state index in [2.05, 4.69) is 10.8 Å². The molecular formula is C23H29IN2O3. The number of aryl methyl sites for hydroxylation is 2. The summed E-state index contributed by atoms with van der Waals surface area (Å²) in [7, 11) is 1.89. The largest absolute Gasteiger partial charge is 1.00 e. The molecule has 0 amide bonds. The summed E-state index contributed by atoms with van der Waals surface area (Å²) in [4.78, 5) is 11.9. The van der Waals surface area contributed by atoms with E-state index >= 15 is 0 Å². The molecule has 3 rings (SSSR count). The van der Waals surface area contributed by atoms with Crippen molar-refractivity contribution in [1.82, 2.24) is 4.57 Å². The van der Waals surface area contributed by atoms with Gasteiger partial charge in [0, 0.05) is 29.7 Å². The normalized spacial score (nSPS) is 10.7. The summed E-state index contributed by atoms with van der Waals surface area (Å²) in [5.74, 6) is 0.0668. The number of benzene rings is 1. The fourth-order valence-corrected chi connectivity index (χ4v) is 3.43. The number of aromatic hydroxyl groups is 1. The minimum absolute atomic E-state index is 0. The lowest BCUT2D eigenvalue weighted by Crippen LogP contribution is -3.00. The summed E-state index contributed by atoms with van der Waals surface area (Å²) in [5, 5.41) is 10.6. The van der Waals surface area contributed by atoms with E-state index in [0.717, 1.165) is 37.6 Å². The smallest absolute Gasteiger partial charge is 0.344 e. The third kappa shape index (κ3) is 7.03. The lowest BCUT2D eigenvalue weighted by molar-refractivity contribution is -0.671. The second-order valence-corrected chi connectivity index (χ2v) is 7.27. The number of hydrogen-bond acceptors (Lipinski definition) is 3. The van der Waals surface area contributed by atoms with E-state index in [9.17, 15) is 9.90 Å². The van der Waals surface area contributed by atoms with Crippen molar-refractivity contribution in [3.63, 3.8) is 0 Å². The zero-order chi connectivity index (χ0) is 19.8. The molecule has 5 nitrogen and oxygen atoms in total. The zero-order valence-corrected chi connectivity index (χ0v) is 19.0. The lowest BCUT2D eigenvalue weighted by Gasteiger charge is -2.06. The van der Waals surface area contributed by atoms with Gasteiger partial charge in [-0.3, -0.25) is 0 Å². The number of rotatable bonds is 10. The van der Waals surface area contributed by atoms with Crippen molar-refractivity contribution in [3.8, 4) is 5.75 Å². The second-order valence-electron chi connectivity index (χ2n) is 7.27. The van der Waals surface area contributed by atoms with Crippen LogP contribution in [-0.4, -0.2) is 22.2 Å². The van der Waals surface area contributed by atoms with Gasteiger partial charge in [0.05, 0.1) is 6.61 Å². The third-order valence-electron chi connectivity index (χ3n) is 4.96. The Bertz CT molecular complexity index is 923. The van der Waals surface area contributed by atoms with E-state index in [1.165, 1.54) is 18.4 Å². The van der Waals surface area contributed by atoms with E-state index in [1.54, 1.807) is 24.4 Å². The first kappa shape index (κ1) is 23.2. The van der Waals surface area contributed by atoms with E-state index in [4.69, 9.17) is 4.74 Å². The van der Waals surface area contributed by atoms with Crippen LogP contribution < -0.4 is 28.5 Å². The van der Waals surface area contributed by atoms with Crippen molar-refractivity contribution in [2.24, 2.45) is 7.05 Å². The molecule has 1 aromatic carbocycles. The van der Waals surface area contributed by atoms with Gasteiger partial charge in [-0.05, 0) is 43.2 Å². The highest BCUT2D eigenvalue weighted by Gasteiger charge is 2.10. The number of carbonyl (C=O) groups excluding carboxylic acids is 1. The van der Waals surface area contributed by atoms with E-state index in [0.29, 0.717) is 17.9 Å². The van der Waals surface area contributed by atoms with Crippen molar-refractivity contribution in [2.75, 3.05) is 6.61 Å². The number of aromatic nitrogens is 2.